The van der Waals surface area contributed by atoms with E-state index in [0.29, 0.717) is 17.9 Å². The summed E-state index contributed by atoms with van der Waals surface area (Å²) in [6.45, 7) is 2.09. The predicted octanol–water partition coefficient (Wildman–Crippen LogP) is 11.0. The number of nitrogens with zero attached hydrogens (tertiary/aromatic N) is 6. The average Bonchev–Trinajstić information content (AvgIpc) is 4.28. The molecule has 15 heteroatoms. The first kappa shape index (κ1) is 47.8. The Morgan fingerprint density at radius 1 is 0.375 bits per heavy atom. The molecule has 2 aliphatic rings. The zero-order chi connectivity index (χ0) is 50.1. The van der Waals surface area contributed by atoms with Crippen molar-refractivity contribution in [2.45, 2.75) is 13.3 Å². The van der Waals surface area contributed by atoms with Crippen molar-refractivity contribution in [3.05, 3.63) is 144 Å². The molecule has 0 saturated heterocycles. The molecule has 3 aromatic heterocycles. The molecule has 0 unspecified atom stereocenters. The summed E-state index contributed by atoms with van der Waals surface area (Å²) >= 11 is 0. The van der Waals surface area contributed by atoms with E-state index in [0.717, 1.165) is 124 Å². The molecule has 72 heavy (non-hydrogen) atoms. The second-order valence-corrected chi connectivity index (χ2v) is 16.8. The first-order valence-corrected chi connectivity index (χ1v) is 23.8. The zero-order valence-electron chi connectivity index (χ0n) is 41.7. The lowest BCUT2D eigenvalue weighted by Crippen LogP contribution is -2.26. The number of aromatic nitrogens is 4. The van der Waals surface area contributed by atoms with Gasteiger partial charge in [0, 0.05) is 123 Å². The number of aliphatic imine (C=N–C) groups is 4. The van der Waals surface area contributed by atoms with Crippen molar-refractivity contribution >= 4 is 92.8 Å². The van der Waals surface area contributed by atoms with Crippen LogP contribution < -0.4 is 37.2 Å². The Balaban J connectivity index is 1.34. The molecule has 5 heterocycles. The first-order valence-electron chi connectivity index (χ1n) is 23.8. The fourth-order valence-corrected chi connectivity index (χ4v) is 8.87. The Kier molecular flexibility index (Phi) is 14.3. The summed E-state index contributed by atoms with van der Waals surface area (Å²) < 4.78 is 0. The molecule has 0 atom stereocenters. The van der Waals surface area contributed by atoms with Crippen molar-refractivity contribution in [1.82, 2.24) is 35.9 Å². The van der Waals surface area contributed by atoms with Crippen LogP contribution in [-0.4, -0.2) is 93.0 Å². The molecule has 2 aliphatic heterocycles. The third-order valence-corrected chi connectivity index (χ3v) is 12.5. The molecule has 0 saturated carbocycles. The van der Waals surface area contributed by atoms with Gasteiger partial charge in [-0.05, 0) is 119 Å². The smallest absolute Gasteiger partial charge is 0.195 e. The highest BCUT2D eigenvalue weighted by atomic mass is 15.2. The number of anilines is 4. The Labute approximate surface area is 419 Å². The van der Waals surface area contributed by atoms with E-state index in [-0.39, 0.29) is 0 Å². The van der Waals surface area contributed by atoms with E-state index in [1.165, 1.54) is 0 Å². The van der Waals surface area contributed by atoms with Crippen molar-refractivity contribution in [2.75, 3.05) is 70.6 Å². The summed E-state index contributed by atoms with van der Waals surface area (Å²) in [5.41, 5.74) is 18.2. The van der Waals surface area contributed by atoms with Crippen LogP contribution in [0.15, 0.2) is 141 Å². The summed E-state index contributed by atoms with van der Waals surface area (Å²) in [7, 11) is 12.6. The lowest BCUT2D eigenvalue weighted by Gasteiger charge is -2.11. The number of nitrogens with one attached hydrogen (secondary N) is 9. The van der Waals surface area contributed by atoms with Gasteiger partial charge in [0.1, 0.15) is 5.84 Å². The minimum Gasteiger partial charge on any atom is -0.359 e. The first-order chi connectivity index (χ1) is 35.3. The number of H-pyrrole nitrogens is 2. The van der Waals surface area contributed by atoms with Crippen molar-refractivity contribution in [3.8, 4) is 44.5 Å². The number of rotatable bonds is 9. The number of aromatic amines is 2. The van der Waals surface area contributed by atoms with Gasteiger partial charge < -0.3 is 47.2 Å². The van der Waals surface area contributed by atoms with E-state index < -0.39 is 0 Å². The summed E-state index contributed by atoms with van der Waals surface area (Å²) in [4.78, 5) is 36.1. The van der Waals surface area contributed by atoms with Crippen molar-refractivity contribution in [1.29, 1.82) is 0 Å². The molecule has 9 rings (SSSR count). The lowest BCUT2D eigenvalue weighted by atomic mass is 10.0. The maximum absolute atomic E-state index is 5.51. The molecular formula is C57H59N15. The van der Waals surface area contributed by atoms with Crippen LogP contribution in [0.25, 0.3) is 90.9 Å². The van der Waals surface area contributed by atoms with Crippen LogP contribution in [0.1, 0.15) is 36.1 Å². The average molecular weight is 954 g/mol. The molecule has 0 amide bonds. The third kappa shape index (κ3) is 10.1. The highest BCUT2D eigenvalue weighted by Crippen LogP contribution is 2.39. The number of amidine groups is 1. The summed E-state index contributed by atoms with van der Waals surface area (Å²) in [5.74, 6) is 2.91. The summed E-state index contributed by atoms with van der Waals surface area (Å²) in [6, 6.07) is 42.0. The van der Waals surface area contributed by atoms with E-state index in [4.69, 9.17) is 9.97 Å². The molecule has 0 spiro atoms. The van der Waals surface area contributed by atoms with Crippen molar-refractivity contribution in [3.63, 3.8) is 0 Å². The van der Waals surface area contributed by atoms with Gasteiger partial charge >= 0.3 is 0 Å². The second kappa shape index (κ2) is 21.6. The Bertz CT molecular complexity index is 3010. The van der Waals surface area contributed by atoms with E-state index >= 15 is 0 Å². The molecule has 362 valence electrons. The lowest BCUT2D eigenvalue weighted by molar-refractivity contribution is 1.14. The van der Waals surface area contributed by atoms with Gasteiger partial charge in [-0.15, -0.1) is 0 Å². The normalized spacial score (nSPS) is 12.7. The van der Waals surface area contributed by atoms with Gasteiger partial charge in [0.05, 0.1) is 22.8 Å². The summed E-state index contributed by atoms with van der Waals surface area (Å²) in [6.07, 6.45) is 9.23. The van der Waals surface area contributed by atoms with Gasteiger partial charge in [-0.3, -0.25) is 20.0 Å². The largest absolute Gasteiger partial charge is 0.359 e. The number of hydrogen-bond acceptors (Lipinski definition) is 6. The maximum Gasteiger partial charge on any atom is 0.195 e. The molecular weight excluding hydrogens is 895 g/mol. The molecule has 0 aliphatic carbocycles. The van der Waals surface area contributed by atoms with Crippen LogP contribution in [0.4, 0.5) is 22.7 Å². The van der Waals surface area contributed by atoms with Crippen LogP contribution in [-0.2, 0) is 0 Å². The third-order valence-electron chi connectivity index (χ3n) is 12.5. The summed E-state index contributed by atoms with van der Waals surface area (Å²) in [5, 5.41) is 22.9. The second-order valence-electron chi connectivity index (χ2n) is 16.8. The van der Waals surface area contributed by atoms with Crippen molar-refractivity contribution in [2.24, 2.45) is 20.0 Å². The number of benzene rings is 4. The molecule has 8 bridgehead atoms. The molecule has 4 aromatic carbocycles. The zero-order valence-corrected chi connectivity index (χ0v) is 41.7. The standard InChI is InChI=1S/C57H59N15/c1-9-50(58-2)65-38-18-10-34(11-19-38)51-42-26-28-44(69-42)52(35-12-20-39(21-13-35)66-55(59-3)60-4)46-30-32-48(71-46)54(37-16-24-41(25-17-37)68-57(63-7)64-8)49-33-31-47(72-49)53(45-29-27-43(51)70-45)36-14-22-40(23-15-36)67-56(61-5)62-6/h10-33,69,72H,9H2,1-8H3,(H,58,65)(H2,59,60,66)(H2,61,62,67)(H2,63,64,68). The fraction of sp³-hybridized carbons (Fsp3) is 0.158. The highest BCUT2D eigenvalue weighted by Gasteiger charge is 2.20. The van der Waals surface area contributed by atoms with Crippen LogP contribution in [0.5, 0.6) is 0 Å². The Hall–Kier alpha value is -9.24. The Morgan fingerprint density at radius 2 is 0.639 bits per heavy atom. The van der Waals surface area contributed by atoms with Gasteiger partial charge in [-0.1, -0.05) is 55.5 Å². The van der Waals surface area contributed by atoms with Gasteiger partial charge in [0.15, 0.2) is 17.9 Å². The van der Waals surface area contributed by atoms with Crippen molar-refractivity contribution < 1.29 is 0 Å². The van der Waals surface area contributed by atoms with E-state index in [9.17, 15) is 0 Å². The topological polar surface area (TPSA) is 191 Å². The number of guanidine groups is 3. The maximum atomic E-state index is 5.51. The van der Waals surface area contributed by atoms with E-state index in [2.05, 4.69) is 220 Å². The number of hydrogen-bond donors (Lipinski definition) is 9. The van der Waals surface area contributed by atoms with Crippen LogP contribution >= 0.6 is 0 Å². The van der Waals surface area contributed by atoms with Gasteiger partial charge in [0.25, 0.3) is 0 Å². The van der Waals surface area contributed by atoms with Gasteiger partial charge in [-0.2, -0.15) is 0 Å². The molecule has 7 aromatic rings. The minimum atomic E-state index is 0.664. The van der Waals surface area contributed by atoms with Gasteiger partial charge in [0.2, 0.25) is 0 Å². The predicted molar refractivity (Wildman–Crippen MR) is 306 cm³/mol. The molecule has 0 fully saturated rings. The quantitative estimate of drug-likeness (QED) is 0.0500. The van der Waals surface area contributed by atoms with Crippen LogP contribution in [0.3, 0.4) is 0 Å². The SMILES string of the molecule is CCC(=NC)Nc1ccc(-c2c3nc(c(-c4ccc(NC(=NC)NC)cc4)c4ccc([nH]4)c(-c4ccc(NC(=NC)NC)cc4)c4nc(c(-c5ccc(NC(=NC)NC)cc5)c5ccc2[nH]5)C=C4)C=C3)cc1. The monoisotopic (exact) mass is 954 g/mol. The molecule has 15 nitrogen and oxygen atoms in total. The Morgan fingerprint density at radius 3 is 0.861 bits per heavy atom. The highest BCUT2D eigenvalue weighted by molar-refractivity contribution is 6.02. The number of fused-ring (bicyclic) bond motifs is 8. The molecule has 9 N–H and O–H groups in total. The van der Waals surface area contributed by atoms with Crippen LogP contribution in [0, 0.1) is 0 Å². The van der Waals surface area contributed by atoms with Gasteiger partial charge in [-0.25, -0.2) is 9.97 Å². The van der Waals surface area contributed by atoms with Crippen LogP contribution in [0.2, 0.25) is 0 Å². The fourth-order valence-electron chi connectivity index (χ4n) is 8.87. The van der Waals surface area contributed by atoms with E-state index in [1.807, 2.05) is 28.2 Å². The minimum absolute atomic E-state index is 0.664. The van der Waals surface area contributed by atoms with E-state index in [1.54, 1.807) is 21.1 Å². The molecule has 0 radical (unpaired) electrons.